The van der Waals surface area contributed by atoms with Gasteiger partial charge in [0.1, 0.15) is 0 Å². The van der Waals surface area contributed by atoms with E-state index in [-0.39, 0.29) is 0 Å². The van der Waals surface area contributed by atoms with E-state index in [1.807, 2.05) is 54.2 Å². The monoisotopic (exact) mass is 350 g/mol. The van der Waals surface area contributed by atoms with Crippen molar-refractivity contribution in [2.75, 3.05) is 32.1 Å². The molecule has 122 valence electrons. The zero-order valence-electron chi connectivity index (χ0n) is 13.1. The number of anilines is 2. The highest BCUT2D eigenvalue weighted by atomic mass is 35.5. The second kappa shape index (κ2) is 6.61. The maximum atomic E-state index is 12.8. The van der Waals surface area contributed by atoms with Crippen molar-refractivity contribution < 1.29 is 9.32 Å². The van der Waals surface area contributed by atoms with Crippen LogP contribution in [0, 0.1) is 0 Å². The van der Waals surface area contributed by atoms with Gasteiger partial charge in [0.05, 0.1) is 44.6 Å². The number of benzene rings is 2. The van der Waals surface area contributed by atoms with Crippen LogP contribution in [0.4, 0.5) is 11.4 Å². The number of aliphatic hydroxyl groups is 1. The van der Waals surface area contributed by atoms with E-state index in [1.165, 1.54) is 0 Å². The predicted octanol–water partition coefficient (Wildman–Crippen LogP) is 2.88. The molecule has 6 heteroatoms. The van der Waals surface area contributed by atoms with E-state index in [0.717, 1.165) is 21.2 Å². The van der Waals surface area contributed by atoms with Crippen molar-refractivity contribution in [2.45, 2.75) is 15.9 Å². The molecule has 4 nitrogen and oxygen atoms in total. The summed E-state index contributed by atoms with van der Waals surface area (Å²) in [5.74, 6) is 0. The Balaban J connectivity index is 2.06. The Labute approximate surface area is 143 Å². The van der Waals surface area contributed by atoms with Crippen molar-refractivity contribution in [3.63, 3.8) is 0 Å². The smallest absolute Gasteiger partial charge is 0.0892 e. The molecule has 2 aromatic rings. The summed E-state index contributed by atoms with van der Waals surface area (Å²) < 4.78 is 12.8. The first-order valence-corrected chi connectivity index (χ1v) is 8.91. The molecule has 0 spiro atoms. The quantitative estimate of drug-likeness (QED) is 0.920. The standard InChI is InChI=1S/C17H19ClN2O2S/c1-19(2)10-13(21)11-20-14-5-3-4-6-16(14)23(22)17-8-7-12(18)9-15(17)20/h3-9,13,21H,10-11H2,1-2H3/t13-,23-/m0/s1. The second-order valence-corrected chi connectivity index (χ2v) is 7.73. The lowest BCUT2D eigenvalue weighted by Crippen LogP contribution is -2.37. The minimum atomic E-state index is -1.24. The van der Waals surface area contributed by atoms with Crippen LogP contribution in [0.2, 0.25) is 5.02 Å². The van der Waals surface area contributed by atoms with E-state index >= 15 is 0 Å². The maximum absolute atomic E-state index is 12.8. The molecule has 0 radical (unpaired) electrons. The van der Waals surface area contributed by atoms with E-state index in [1.54, 1.807) is 12.1 Å². The lowest BCUT2D eigenvalue weighted by atomic mass is 10.2. The van der Waals surface area contributed by atoms with Crippen molar-refractivity contribution >= 4 is 33.8 Å². The fourth-order valence-corrected chi connectivity index (χ4v) is 4.35. The number of aliphatic hydroxyl groups excluding tert-OH is 1. The summed E-state index contributed by atoms with van der Waals surface area (Å²) in [5.41, 5.74) is 1.66. The number of hydrogen-bond acceptors (Lipinski definition) is 4. The molecule has 1 aliphatic heterocycles. The minimum absolute atomic E-state index is 0.416. The lowest BCUT2D eigenvalue weighted by molar-refractivity contribution is 0.143. The molecule has 2 atom stereocenters. The third kappa shape index (κ3) is 3.28. The molecule has 0 amide bonds. The van der Waals surface area contributed by atoms with E-state index in [0.29, 0.717) is 18.1 Å². The molecule has 23 heavy (non-hydrogen) atoms. The van der Waals surface area contributed by atoms with Gasteiger partial charge < -0.3 is 14.9 Å². The summed E-state index contributed by atoms with van der Waals surface area (Å²) in [5, 5.41) is 11.0. The van der Waals surface area contributed by atoms with Gasteiger partial charge in [-0.2, -0.15) is 0 Å². The van der Waals surface area contributed by atoms with Gasteiger partial charge in [0.2, 0.25) is 0 Å². The third-order valence-electron chi connectivity index (χ3n) is 3.74. The Morgan fingerprint density at radius 1 is 1.17 bits per heavy atom. The number of rotatable bonds is 4. The summed E-state index contributed by atoms with van der Waals surface area (Å²) in [6.45, 7) is 0.970. The van der Waals surface area contributed by atoms with Gasteiger partial charge in [0.15, 0.2) is 0 Å². The van der Waals surface area contributed by atoms with E-state index in [9.17, 15) is 9.32 Å². The molecule has 0 bridgehead atoms. The Kier molecular flexibility index (Phi) is 4.73. The van der Waals surface area contributed by atoms with Gasteiger partial charge in [-0.15, -0.1) is 0 Å². The summed E-state index contributed by atoms with van der Waals surface area (Å²) in [6, 6.07) is 13.0. The molecule has 0 saturated heterocycles. The van der Waals surface area contributed by atoms with Crippen LogP contribution < -0.4 is 4.90 Å². The molecule has 2 aromatic carbocycles. The third-order valence-corrected chi connectivity index (χ3v) is 5.46. The van der Waals surface area contributed by atoms with Crippen molar-refractivity contribution in [3.05, 3.63) is 47.5 Å². The van der Waals surface area contributed by atoms with Crippen molar-refractivity contribution in [1.29, 1.82) is 0 Å². The van der Waals surface area contributed by atoms with Crippen LogP contribution in [0.5, 0.6) is 0 Å². The van der Waals surface area contributed by atoms with E-state index in [4.69, 9.17) is 11.6 Å². The van der Waals surface area contributed by atoms with Crippen LogP contribution in [0.15, 0.2) is 52.3 Å². The normalized spacial score (nSPS) is 17.8. The van der Waals surface area contributed by atoms with E-state index in [2.05, 4.69) is 0 Å². The van der Waals surface area contributed by atoms with Gasteiger partial charge in [-0.1, -0.05) is 23.7 Å². The topological polar surface area (TPSA) is 43.8 Å². The summed E-state index contributed by atoms with van der Waals surface area (Å²) in [6.07, 6.45) is -0.531. The van der Waals surface area contributed by atoms with Crippen molar-refractivity contribution in [1.82, 2.24) is 4.90 Å². The van der Waals surface area contributed by atoms with Crippen LogP contribution in [0.25, 0.3) is 0 Å². The van der Waals surface area contributed by atoms with Crippen LogP contribution in [0.1, 0.15) is 0 Å². The average molecular weight is 351 g/mol. The van der Waals surface area contributed by atoms with Crippen molar-refractivity contribution in [2.24, 2.45) is 0 Å². The SMILES string of the molecule is CN(C)C[C@H](O)CN1c2ccccc2[S@](=O)c2ccc(Cl)cc21. The molecule has 0 unspecified atom stereocenters. The molecule has 0 saturated carbocycles. The highest BCUT2D eigenvalue weighted by molar-refractivity contribution is 7.85. The largest absolute Gasteiger partial charge is 0.390 e. The minimum Gasteiger partial charge on any atom is -0.390 e. The fourth-order valence-electron chi connectivity index (χ4n) is 2.83. The number of nitrogens with zero attached hydrogens (tertiary/aromatic N) is 2. The zero-order valence-corrected chi connectivity index (χ0v) is 14.6. The number of para-hydroxylation sites is 1. The van der Waals surface area contributed by atoms with Crippen LogP contribution >= 0.6 is 11.6 Å². The van der Waals surface area contributed by atoms with Gasteiger partial charge >= 0.3 is 0 Å². The van der Waals surface area contributed by atoms with Gasteiger partial charge in [0, 0.05) is 11.6 Å². The maximum Gasteiger partial charge on any atom is 0.0892 e. The second-order valence-electron chi connectivity index (χ2n) is 5.88. The first kappa shape index (κ1) is 16.5. The molecule has 0 aliphatic carbocycles. The van der Waals surface area contributed by atoms with Crippen LogP contribution in [0.3, 0.4) is 0 Å². The first-order valence-electron chi connectivity index (χ1n) is 7.38. The number of fused-ring (bicyclic) bond motifs is 2. The van der Waals surface area contributed by atoms with Crippen LogP contribution in [-0.4, -0.2) is 47.5 Å². The Bertz CT molecular complexity index is 751. The Morgan fingerprint density at radius 3 is 2.61 bits per heavy atom. The molecule has 3 rings (SSSR count). The summed E-state index contributed by atoms with van der Waals surface area (Å²) >= 11 is 6.14. The lowest BCUT2D eigenvalue weighted by Gasteiger charge is -2.34. The van der Waals surface area contributed by atoms with E-state index < -0.39 is 16.9 Å². The molecule has 1 N–H and O–H groups in total. The van der Waals surface area contributed by atoms with Crippen molar-refractivity contribution in [3.8, 4) is 0 Å². The molecule has 0 aromatic heterocycles. The van der Waals surface area contributed by atoms with Gasteiger partial charge in [-0.3, -0.25) is 0 Å². The summed E-state index contributed by atoms with van der Waals surface area (Å²) in [7, 11) is 2.61. The van der Waals surface area contributed by atoms with Crippen LogP contribution in [-0.2, 0) is 10.8 Å². The number of hydrogen-bond donors (Lipinski definition) is 1. The molecule has 0 fully saturated rings. The van der Waals surface area contributed by atoms with Gasteiger partial charge in [0.25, 0.3) is 0 Å². The molecule has 1 heterocycles. The molecular weight excluding hydrogens is 332 g/mol. The number of β-amino-alcohol motifs (C(OH)–C–C–N with tert-alkyl or cyclic N) is 1. The highest BCUT2D eigenvalue weighted by Crippen LogP contribution is 2.42. The average Bonchev–Trinajstić information content (AvgIpc) is 2.50. The van der Waals surface area contributed by atoms with Gasteiger partial charge in [-0.25, -0.2) is 4.21 Å². The first-order chi connectivity index (χ1) is 11.0. The molecule has 1 aliphatic rings. The number of likely N-dealkylation sites (N-methyl/N-ethyl adjacent to an activating group) is 1. The molecular formula is C17H19ClN2O2S. The summed E-state index contributed by atoms with van der Waals surface area (Å²) in [4.78, 5) is 5.44. The number of halogens is 1. The fraction of sp³-hybridized carbons (Fsp3) is 0.294. The van der Waals surface area contributed by atoms with Gasteiger partial charge in [-0.05, 0) is 44.4 Å². The highest BCUT2D eigenvalue weighted by Gasteiger charge is 2.29. The Hall–Kier alpha value is -1.40. The zero-order chi connectivity index (χ0) is 16.6. The Morgan fingerprint density at radius 2 is 1.87 bits per heavy atom. The predicted molar refractivity (Wildman–Crippen MR) is 94.1 cm³/mol.